The molecule has 4 rings (SSSR count). The average molecular weight is 343 g/mol. The van der Waals surface area contributed by atoms with Crippen molar-refractivity contribution in [1.82, 2.24) is 4.98 Å². The molecule has 2 heterocycles. The molecular weight excluding hydrogens is 318 g/mol. The van der Waals surface area contributed by atoms with Gasteiger partial charge in [0.2, 0.25) is 0 Å². The molecular formula is C24H25NO. The lowest BCUT2D eigenvalue weighted by atomic mass is 9.83. The minimum absolute atomic E-state index is 0.126. The summed E-state index contributed by atoms with van der Waals surface area (Å²) in [5.41, 5.74) is 6.22. The number of hydrogen-bond acceptors (Lipinski definition) is 2. The van der Waals surface area contributed by atoms with Gasteiger partial charge in [-0.15, -0.1) is 0 Å². The van der Waals surface area contributed by atoms with Crippen molar-refractivity contribution in [2.24, 2.45) is 5.41 Å². The van der Waals surface area contributed by atoms with Gasteiger partial charge in [0.1, 0.15) is 12.4 Å². The third-order valence-electron chi connectivity index (χ3n) is 5.36. The molecule has 2 nitrogen and oxygen atoms in total. The number of pyridine rings is 1. The number of hydrogen-bond donors (Lipinski definition) is 0. The number of fused-ring (bicyclic) bond motifs is 2. The maximum Gasteiger partial charge on any atom is 0.130 e. The number of nitrogens with zero attached hydrogens (tertiary/aromatic N) is 1. The van der Waals surface area contributed by atoms with Crippen LogP contribution >= 0.6 is 0 Å². The van der Waals surface area contributed by atoms with Crippen molar-refractivity contribution in [3.8, 4) is 5.75 Å². The van der Waals surface area contributed by atoms with E-state index in [4.69, 9.17) is 4.74 Å². The summed E-state index contributed by atoms with van der Waals surface area (Å²) in [7, 11) is 0. The summed E-state index contributed by atoms with van der Waals surface area (Å²) >= 11 is 0. The predicted octanol–water partition coefficient (Wildman–Crippen LogP) is 6.21. The Morgan fingerprint density at radius 2 is 1.77 bits per heavy atom. The molecule has 132 valence electrons. The lowest BCUT2D eigenvalue weighted by Crippen LogP contribution is -2.20. The standard InChI is InChI=1S/C24H25NO/c1-16(19-12-13-25-22-11-6-5-9-21(19)22)20-10-7-8-17-14-18(24(2,3)4)15-26-23(17)20/h5-14,16H,15H2,1-4H3. The van der Waals surface area contributed by atoms with E-state index in [1.54, 1.807) is 0 Å². The molecule has 1 unspecified atom stereocenters. The van der Waals surface area contributed by atoms with Crippen molar-refractivity contribution < 1.29 is 4.74 Å². The first-order valence-corrected chi connectivity index (χ1v) is 9.25. The smallest absolute Gasteiger partial charge is 0.130 e. The van der Waals surface area contributed by atoms with Gasteiger partial charge in [-0.25, -0.2) is 0 Å². The highest BCUT2D eigenvalue weighted by Gasteiger charge is 2.25. The summed E-state index contributed by atoms with van der Waals surface area (Å²) < 4.78 is 6.26. The largest absolute Gasteiger partial charge is 0.488 e. The molecule has 1 aliphatic rings. The van der Waals surface area contributed by atoms with Gasteiger partial charge in [0.15, 0.2) is 0 Å². The molecule has 0 saturated carbocycles. The number of benzene rings is 2. The molecule has 0 radical (unpaired) electrons. The van der Waals surface area contributed by atoms with Crippen molar-refractivity contribution in [2.45, 2.75) is 33.6 Å². The minimum Gasteiger partial charge on any atom is -0.488 e. The van der Waals surface area contributed by atoms with E-state index >= 15 is 0 Å². The second-order valence-corrected chi connectivity index (χ2v) is 8.11. The van der Waals surface area contributed by atoms with Gasteiger partial charge < -0.3 is 4.74 Å². The van der Waals surface area contributed by atoms with Crippen molar-refractivity contribution in [2.75, 3.05) is 6.61 Å². The molecule has 0 fully saturated rings. The van der Waals surface area contributed by atoms with Crippen LogP contribution in [0.4, 0.5) is 0 Å². The van der Waals surface area contributed by atoms with Crippen LogP contribution in [0.5, 0.6) is 5.75 Å². The molecule has 0 amide bonds. The van der Waals surface area contributed by atoms with Crippen molar-refractivity contribution >= 4 is 17.0 Å². The molecule has 3 aromatic rings. The summed E-state index contributed by atoms with van der Waals surface area (Å²) in [6.45, 7) is 9.63. The molecule has 26 heavy (non-hydrogen) atoms. The summed E-state index contributed by atoms with van der Waals surface area (Å²) in [4.78, 5) is 4.50. The summed E-state index contributed by atoms with van der Waals surface area (Å²) in [5.74, 6) is 1.26. The number of rotatable bonds is 2. The molecule has 0 saturated heterocycles. The number of para-hydroxylation sites is 2. The van der Waals surface area contributed by atoms with E-state index < -0.39 is 0 Å². The van der Waals surface area contributed by atoms with E-state index in [9.17, 15) is 0 Å². The maximum atomic E-state index is 6.26. The normalized spacial score (nSPS) is 15.2. The highest BCUT2D eigenvalue weighted by Crippen LogP contribution is 2.41. The monoisotopic (exact) mass is 343 g/mol. The lowest BCUT2D eigenvalue weighted by molar-refractivity contribution is 0.307. The zero-order valence-electron chi connectivity index (χ0n) is 15.9. The highest BCUT2D eigenvalue weighted by atomic mass is 16.5. The average Bonchev–Trinajstić information content (AvgIpc) is 2.65. The maximum absolute atomic E-state index is 6.26. The Kier molecular flexibility index (Phi) is 4.07. The van der Waals surface area contributed by atoms with Crippen LogP contribution in [0.25, 0.3) is 17.0 Å². The van der Waals surface area contributed by atoms with Crippen LogP contribution in [-0.4, -0.2) is 11.6 Å². The molecule has 2 aromatic carbocycles. The zero-order chi connectivity index (χ0) is 18.3. The Balaban J connectivity index is 1.81. The molecule has 1 aliphatic heterocycles. The van der Waals surface area contributed by atoms with E-state index in [2.05, 4.69) is 81.2 Å². The number of aromatic nitrogens is 1. The summed E-state index contributed by atoms with van der Waals surface area (Å²) in [5, 5.41) is 1.21. The SMILES string of the molecule is CC(c1cccc2c1OCC(C(C)(C)C)=C2)c1ccnc2ccccc12. The van der Waals surface area contributed by atoms with Crippen molar-refractivity contribution in [3.63, 3.8) is 0 Å². The second-order valence-electron chi connectivity index (χ2n) is 8.11. The first kappa shape index (κ1) is 16.8. The Hall–Kier alpha value is -2.61. The van der Waals surface area contributed by atoms with E-state index in [0.29, 0.717) is 6.61 Å². The predicted molar refractivity (Wildman–Crippen MR) is 109 cm³/mol. The Morgan fingerprint density at radius 1 is 0.962 bits per heavy atom. The van der Waals surface area contributed by atoms with Crippen LogP contribution < -0.4 is 4.74 Å². The Labute approximate surface area is 155 Å². The zero-order valence-corrected chi connectivity index (χ0v) is 15.9. The van der Waals surface area contributed by atoms with Gasteiger partial charge in [-0.2, -0.15) is 0 Å². The molecule has 0 N–H and O–H groups in total. The summed E-state index contributed by atoms with van der Waals surface area (Å²) in [6.07, 6.45) is 4.21. The first-order valence-electron chi connectivity index (χ1n) is 9.25. The van der Waals surface area contributed by atoms with Crippen LogP contribution in [0.15, 0.2) is 60.3 Å². The lowest BCUT2D eigenvalue weighted by Gasteiger charge is -2.29. The fourth-order valence-corrected chi connectivity index (χ4v) is 3.67. The van der Waals surface area contributed by atoms with Gasteiger partial charge in [0.25, 0.3) is 0 Å². The van der Waals surface area contributed by atoms with Gasteiger partial charge in [-0.05, 0) is 34.8 Å². The molecule has 2 heteroatoms. The van der Waals surface area contributed by atoms with Crippen LogP contribution in [0.3, 0.4) is 0 Å². The van der Waals surface area contributed by atoms with Crippen molar-refractivity contribution in [3.05, 3.63) is 77.0 Å². The van der Waals surface area contributed by atoms with Gasteiger partial charge in [0, 0.05) is 28.6 Å². The molecule has 0 aliphatic carbocycles. The Bertz CT molecular complexity index is 989. The third kappa shape index (κ3) is 2.90. The highest BCUT2D eigenvalue weighted by molar-refractivity contribution is 5.83. The molecule has 0 spiro atoms. The topological polar surface area (TPSA) is 22.1 Å². The van der Waals surface area contributed by atoms with Gasteiger partial charge >= 0.3 is 0 Å². The first-order chi connectivity index (χ1) is 12.4. The van der Waals surface area contributed by atoms with Gasteiger partial charge in [-0.1, -0.05) is 64.1 Å². The van der Waals surface area contributed by atoms with E-state index in [0.717, 1.165) is 11.3 Å². The van der Waals surface area contributed by atoms with Gasteiger partial charge in [-0.3, -0.25) is 4.98 Å². The quantitative estimate of drug-likeness (QED) is 0.552. The van der Waals surface area contributed by atoms with E-state index in [1.807, 2.05) is 12.3 Å². The minimum atomic E-state index is 0.126. The number of ether oxygens (including phenoxy) is 1. The molecule has 0 bridgehead atoms. The van der Waals surface area contributed by atoms with Gasteiger partial charge in [0.05, 0.1) is 5.52 Å². The third-order valence-corrected chi connectivity index (χ3v) is 5.36. The van der Waals surface area contributed by atoms with Crippen molar-refractivity contribution in [1.29, 1.82) is 0 Å². The second kappa shape index (κ2) is 6.28. The van der Waals surface area contributed by atoms with E-state index in [-0.39, 0.29) is 11.3 Å². The van der Waals surface area contributed by atoms with Crippen LogP contribution in [0, 0.1) is 5.41 Å². The van der Waals surface area contributed by atoms with Crippen LogP contribution in [0.2, 0.25) is 0 Å². The van der Waals surface area contributed by atoms with E-state index in [1.165, 1.54) is 27.6 Å². The molecule has 1 atom stereocenters. The Morgan fingerprint density at radius 3 is 2.58 bits per heavy atom. The van der Waals surface area contributed by atoms with Crippen LogP contribution in [0.1, 0.15) is 50.3 Å². The molecule has 1 aromatic heterocycles. The fourth-order valence-electron chi connectivity index (χ4n) is 3.67. The summed E-state index contributed by atoms with van der Waals surface area (Å²) in [6, 6.07) is 17.0. The van der Waals surface area contributed by atoms with Crippen LogP contribution in [-0.2, 0) is 0 Å². The fraction of sp³-hybridized carbons (Fsp3) is 0.292.